The van der Waals surface area contributed by atoms with Gasteiger partial charge in [0.05, 0.1) is 16.8 Å². The second-order valence-corrected chi connectivity index (χ2v) is 10.7. The summed E-state index contributed by atoms with van der Waals surface area (Å²) in [6.07, 6.45) is 7.38. The Morgan fingerprint density at radius 3 is 2.36 bits per heavy atom. The van der Waals surface area contributed by atoms with Crippen molar-refractivity contribution in [1.29, 1.82) is 0 Å². The third-order valence-corrected chi connectivity index (χ3v) is 8.55. The van der Waals surface area contributed by atoms with E-state index < -0.39 is 0 Å². The summed E-state index contributed by atoms with van der Waals surface area (Å²) in [6.45, 7) is 2.10. The molecule has 1 aromatic heterocycles. The van der Waals surface area contributed by atoms with Crippen LogP contribution in [-0.4, -0.2) is 15.7 Å². The summed E-state index contributed by atoms with van der Waals surface area (Å²) in [5, 5.41) is 8.28. The first-order valence-corrected chi connectivity index (χ1v) is 11.8. The average molecular weight is 394 g/mol. The molecule has 0 spiro atoms. The van der Waals surface area contributed by atoms with Crippen LogP contribution in [0.2, 0.25) is 0 Å². The lowest BCUT2D eigenvalue weighted by atomic mass is 9.49. The Kier molecular flexibility index (Phi) is 3.75. The monoisotopic (exact) mass is 393 g/mol. The van der Waals surface area contributed by atoms with Crippen LogP contribution in [-0.2, 0) is 16.3 Å². The van der Waals surface area contributed by atoms with Gasteiger partial charge in [-0.2, -0.15) is 16.9 Å². The van der Waals surface area contributed by atoms with Gasteiger partial charge in [0.2, 0.25) is 5.91 Å². The summed E-state index contributed by atoms with van der Waals surface area (Å²) in [4.78, 5) is 13.6. The van der Waals surface area contributed by atoms with Crippen LogP contribution in [0.4, 0.5) is 5.82 Å². The third kappa shape index (κ3) is 2.58. The van der Waals surface area contributed by atoms with E-state index in [0.29, 0.717) is 0 Å². The van der Waals surface area contributed by atoms with E-state index >= 15 is 0 Å². The quantitative estimate of drug-likeness (QED) is 0.791. The molecule has 4 bridgehead atoms. The Labute approximate surface area is 170 Å². The lowest BCUT2D eigenvalue weighted by Gasteiger charge is -2.55. The molecule has 1 aliphatic heterocycles. The molecule has 2 heterocycles. The van der Waals surface area contributed by atoms with Crippen molar-refractivity contribution in [3.63, 3.8) is 0 Å². The zero-order valence-electron chi connectivity index (χ0n) is 16.4. The highest BCUT2D eigenvalue weighted by atomic mass is 32.2. The number of aromatic nitrogens is 2. The summed E-state index contributed by atoms with van der Waals surface area (Å²) >= 11 is 1.89. The van der Waals surface area contributed by atoms with Gasteiger partial charge in [0.1, 0.15) is 5.82 Å². The van der Waals surface area contributed by atoms with Crippen LogP contribution in [0.15, 0.2) is 24.3 Å². The third-order valence-electron chi connectivity index (χ3n) is 7.58. The van der Waals surface area contributed by atoms with Crippen molar-refractivity contribution in [3.8, 4) is 5.69 Å². The minimum absolute atomic E-state index is 0.129. The fourth-order valence-electron chi connectivity index (χ4n) is 6.64. The van der Waals surface area contributed by atoms with Crippen LogP contribution in [0.1, 0.15) is 55.3 Å². The molecule has 4 aliphatic carbocycles. The average Bonchev–Trinajstić information content (AvgIpc) is 3.24. The predicted octanol–water partition coefficient (Wildman–Crippen LogP) is 5.08. The van der Waals surface area contributed by atoms with Crippen molar-refractivity contribution in [1.82, 2.24) is 9.78 Å². The van der Waals surface area contributed by atoms with Gasteiger partial charge in [-0.25, -0.2) is 4.68 Å². The maximum Gasteiger partial charge on any atom is 0.231 e. The number of nitrogens with one attached hydrogen (secondary N) is 1. The zero-order valence-corrected chi connectivity index (χ0v) is 17.2. The molecule has 5 heteroatoms. The van der Waals surface area contributed by atoms with Crippen LogP contribution < -0.4 is 5.32 Å². The van der Waals surface area contributed by atoms with Crippen molar-refractivity contribution >= 4 is 23.5 Å². The second kappa shape index (κ2) is 6.12. The molecule has 1 N–H and O–H groups in total. The van der Waals surface area contributed by atoms with Crippen molar-refractivity contribution < 1.29 is 4.79 Å². The molecule has 4 fully saturated rings. The van der Waals surface area contributed by atoms with E-state index in [-0.39, 0.29) is 11.3 Å². The first-order valence-electron chi connectivity index (χ1n) is 10.7. The van der Waals surface area contributed by atoms with Crippen molar-refractivity contribution in [2.24, 2.45) is 23.2 Å². The summed E-state index contributed by atoms with van der Waals surface area (Å²) < 4.78 is 1.97. The number of thioether (sulfide) groups is 1. The first-order chi connectivity index (χ1) is 13.6. The molecule has 5 aliphatic rings. The van der Waals surface area contributed by atoms with Gasteiger partial charge in [-0.15, -0.1) is 0 Å². The predicted molar refractivity (Wildman–Crippen MR) is 113 cm³/mol. The van der Waals surface area contributed by atoms with E-state index in [1.165, 1.54) is 30.4 Å². The Balaban J connectivity index is 1.36. The SMILES string of the molecule is Cc1ccc(-n2nc3c(c2NC(=O)C24CC5CC(CC(C5)C2)C4)CSC3)cc1. The number of rotatable bonds is 3. The molecular formula is C23H27N3OS. The number of carbonyl (C=O) groups is 1. The Morgan fingerprint density at radius 2 is 1.71 bits per heavy atom. The molecule has 4 nitrogen and oxygen atoms in total. The minimum Gasteiger partial charge on any atom is -0.310 e. The van der Waals surface area contributed by atoms with Crippen molar-refractivity contribution in [3.05, 3.63) is 41.1 Å². The number of hydrogen-bond acceptors (Lipinski definition) is 3. The van der Waals surface area contributed by atoms with Crippen LogP contribution in [0.25, 0.3) is 5.69 Å². The van der Waals surface area contributed by atoms with Crippen LogP contribution in [0.5, 0.6) is 0 Å². The van der Waals surface area contributed by atoms with Gasteiger partial charge in [0, 0.05) is 17.1 Å². The second-order valence-electron chi connectivity index (χ2n) is 9.67. The van der Waals surface area contributed by atoms with Crippen molar-refractivity contribution in [2.45, 2.75) is 57.0 Å². The summed E-state index contributed by atoms with van der Waals surface area (Å²) in [5.41, 5.74) is 4.49. The zero-order chi connectivity index (χ0) is 18.9. The number of nitrogens with zero attached hydrogens (tertiary/aromatic N) is 2. The largest absolute Gasteiger partial charge is 0.310 e. The number of anilines is 1. The van der Waals surface area contributed by atoms with E-state index in [2.05, 4.69) is 36.5 Å². The van der Waals surface area contributed by atoms with E-state index in [4.69, 9.17) is 5.10 Å². The summed E-state index contributed by atoms with van der Waals surface area (Å²) in [5.74, 6) is 5.40. The normalized spacial score (nSPS) is 32.5. The minimum atomic E-state index is -0.129. The van der Waals surface area contributed by atoms with E-state index in [1.54, 1.807) is 0 Å². The van der Waals surface area contributed by atoms with Crippen LogP contribution in [0.3, 0.4) is 0 Å². The Hall–Kier alpha value is -1.75. The lowest BCUT2D eigenvalue weighted by Crippen LogP contribution is -2.52. The molecular weight excluding hydrogens is 366 g/mol. The smallest absolute Gasteiger partial charge is 0.231 e. The standard InChI is InChI=1S/C23H27N3OS/c1-14-2-4-18(5-3-14)26-21(19-12-28-13-20(19)25-26)24-22(27)23-9-15-6-16(10-23)8-17(7-15)11-23/h2-5,15-17H,6-13H2,1H3,(H,24,27). The van der Waals surface area contributed by atoms with Gasteiger partial charge in [-0.1, -0.05) is 17.7 Å². The maximum atomic E-state index is 13.6. The van der Waals surface area contributed by atoms with Gasteiger partial charge in [0.15, 0.2) is 0 Å². The van der Waals surface area contributed by atoms with E-state index in [1.807, 2.05) is 16.4 Å². The molecule has 28 heavy (non-hydrogen) atoms. The van der Waals surface area contributed by atoms with E-state index in [9.17, 15) is 4.79 Å². The summed E-state index contributed by atoms with van der Waals surface area (Å²) in [7, 11) is 0. The van der Waals surface area contributed by atoms with Gasteiger partial charge >= 0.3 is 0 Å². The lowest BCUT2D eigenvalue weighted by molar-refractivity contribution is -0.140. The number of benzene rings is 1. The molecule has 0 atom stereocenters. The molecule has 4 saturated carbocycles. The van der Waals surface area contributed by atoms with Crippen LogP contribution in [0, 0.1) is 30.1 Å². The molecule has 2 aromatic rings. The molecule has 0 saturated heterocycles. The fourth-order valence-corrected chi connectivity index (χ4v) is 7.68. The highest BCUT2D eigenvalue weighted by Crippen LogP contribution is 2.60. The fraction of sp³-hybridized carbons (Fsp3) is 0.565. The van der Waals surface area contributed by atoms with Gasteiger partial charge in [0.25, 0.3) is 0 Å². The first kappa shape index (κ1) is 17.1. The van der Waals surface area contributed by atoms with Gasteiger partial charge < -0.3 is 5.32 Å². The molecule has 0 unspecified atom stereocenters. The van der Waals surface area contributed by atoms with Gasteiger partial charge in [-0.3, -0.25) is 4.79 Å². The molecule has 1 amide bonds. The number of carbonyl (C=O) groups excluding carboxylic acids is 1. The van der Waals surface area contributed by atoms with Crippen molar-refractivity contribution in [2.75, 3.05) is 5.32 Å². The number of hydrogen-bond donors (Lipinski definition) is 1. The van der Waals surface area contributed by atoms with Crippen LogP contribution >= 0.6 is 11.8 Å². The molecule has 1 aromatic carbocycles. The summed E-state index contributed by atoms with van der Waals surface area (Å²) in [6, 6.07) is 8.43. The Morgan fingerprint density at radius 1 is 1.07 bits per heavy atom. The topological polar surface area (TPSA) is 46.9 Å². The molecule has 0 radical (unpaired) electrons. The maximum absolute atomic E-state index is 13.6. The number of amides is 1. The molecule has 146 valence electrons. The Bertz CT molecular complexity index is 910. The molecule has 7 rings (SSSR count). The number of fused-ring (bicyclic) bond motifs is 1. The number of aryl methyl sites for hydroxylation is 1. The highest BCUT2D eigenvalue weighted by Gasteiger charge is 2.54. The van der Waals surface area contributed by atoms with Gasteiger partial charge in [-0.05, 0) is 75.3 Å². The highest BCUT2D eigenvalue weighted by molar-refractivity contribution is 7.98. The van der Waals surface area contributed by atoms with E-state index in [0.717, 1.165) is 65.7 Å².